The molecule has 0 aliphatic heterocycles. The summed E-state index contributed by atoms with van der Waals surface area (Å²) >= 11 is 0. The van der Waals surface area contributed by atoms with Crippen LogP contribution in [0, 0.1) is 10.1 Å². The van der Waals surface area contributed by atoms with Gasteiger partial charge in [0.05, 0.1) is 4.92 Å². The van der Waals surface area contributed by atoms with Gasteiger partial charge in [-0.2, -0.15) is 0 Å². The smallest absolute Gasteiger partial charge is 0.288 e. The van der Waals surface area contributed by atoms with Crippen molar-refractivity contribution in [3.8, 4) is 0 Å². The van der Waals surface area contributed by atoms with Gasteiger partial charge in [-0.25, -0.2) is 8.42 Å². The van der Waals surface area contributed by atoms with Crippen LogP contribution in [0.15, 0.2) is 23.1 Å². The topological polar surface area (TPSA) is 106 Å². The molecule has 1 saturated carbocycles. The minimum Gasteiger partial charge on any atom is -0.349 e. The van der Waals surface area contributed by atoms with Crippen LogP contribution in [0.25, 0.3) is 0 Å². The van der Waals surface area contributed by atoms with Crippen molar-refractivity contribution < 1.29 is 18.1 Å². The van der Waals surface area contributed by atoms with E-state index in [1.165, 1.54) is 6.07 Å². The Morgan fingerprint density at radius 2 is 1.91 bits per heavy atom. The molecule has 1 amide bonds. The summed E-state index contributed by atoms with van der Waals surface area (Å²) in [6.45, 7) is 0. The van der Waals surface area contributed by atoms with Crippen molar-refractivity contribution in [2.45, 2.75) is 43.0 Å². The van der Waals surface area contributed by atoms with Crippen molar-refractivity contribution >= 4 is 21.4 Å². The van der Waals surface area contributed by atoms with Crippen LogP contribution in [-0.4, -0.2) is 31.5 Å². The lowest BCUT2D eigenvalue weighted by molar-refractivity contribution is -0.387. The Morgan fingerprint density at radius 1 is 1.27 bits per heavy atom. The summed E-state index contributed by atoms with van der Waals surface area (Å²) in [4.78, 5) is 22.0. The number of rotatable bonds is 4. The second-order valence-electron chi connectivity index (χ2n) is 5.52. The van der Waals surface area contributed by atoms with Crippen LogP contribution >= 0.6 is 0 Å². The van der Waals surface area contributed by atoms with Crippen molar-refractivity contribution in [2.75, 3.05) is 6.26 Å². The molecular formula is C14H18N2O5S. The van der Waals surface area contributed by atoms with Crippen molar-refractivity contribution in [1.29, 1.82) is 0 Å². The molecule has 1 aromatic rings. The Morgan fingerprint density at radius 3 is 2.45 bits per heavy atom. The van der Waals surface area contributed by atoms with Crippen LogP contribution in [0.2, 0.25) is 0 Å². The SMILES string of the molecule is CS(=O)(=O)c1ccc(C(=O)NC2CCCCC2)cc1[N+](=O)[O-]. The predicted molar refractivity (Wildman–Crippen MR) is 80.5 cm³/mol. The highest BCUT2D eigenvalue weighted by Crippen LogP contribution is 2.25. The fourth-order valence-electron chi connectivity index (χ4n) is 2.63. The summed E-state index contributed by atoms with van der Waals surface area (Å²) in [7, 11) is -3.72. The summed E-state index contributed by atoms with van der Waals surface area (Å²) in [6, 6.07) is 3.52. The number of carbonyl (C=O) groups excluding carboxylic acids is 1. The molecule has 0 radical (unpaired) electrons. The maximum absolute atomic E-state index is 12.2. The first-order valence-corrected chi connectivity index (χ1v) is 8.97. The first-order valence-electron chi connectivity index (χ1n) is 7.08. The van der Waals surface area contributed by atoms with Gasteiger partial charge in [-0.3, -0.25) is 14.9 Å². The second kappa shape index (κ2) is 6.43. The first kappa shape index (κ1) is 16.4. The van der Waals surface area contributed by atoms with Gasteiger partial charge in [-0.15, -0.1) is 0 Å². The van der Waals surface area contributed by atoms with Crippen molar-refractivity contribution in [1.82, 2.24) is 5.32 Å². The van der Waals surface area contributed by atoms with Crippen LogP contribution < -0.4 is 5.32 Å². The third-order valence-corrected chi connectivity index (χ3v) is 4.90. The van der Waals surface area contributed by atoms with E-state index in [4.69, 9.17) is 0 Å². The lowest BCUT2D eigenvalue weighted by Crippen LogP contribution is -2.36. The highest BCUT2D eigenvalue weighted by molar-refractivity contribution is 7.90. The van der Waals surface area contributed by atoms with Gasteiger partial charge in [0.2, 0.25) is 0 Å². The minimum absolute atomic E-state index is 0.0786. The van der Waals surface area contributed by atoms with E-state index >= 15 is 0 Å². The van der Waals surface area contributed by atoms with E-state index in [9.17, 15) is 23.3 Å². The van der Waals surface area contributed by atoms with E-state index in [1.807, 2.05) is 0 Å². The Kier molecular flexibility index (Phi) is 4.80. The zero-order valence-electron chi connectivity index (χ0n) is 12.2. The van der Waals surface area contributed by atoms with Gasteiger partial charge in [0, 0.05) is 23.9 Å². The molecule has 7 nitrogen and oxygen atoms in total. The van der Waals surface area contributed by atoms with E-state index in [-0.39, 0.29) is 16.5 Å². The molecule has 0 spiro atoms. The summed E-state index contributed by atoms with van der Waals surface area (Å²) in [5, 5.41) is 13.9. The number of carbonyl (C=O) groups is 1. The highest BCUT2D eigenvalue weighted by atomic mass is 32.2. The third-order valence-electron chi connectivity index (χ3n) is 3.76. The molecule has 0 unspecified atom stereocenters. The molecule has 0 aromatic heterocycles. The van der Waals surface area contributed by atoms with Gasteiger partial charge in [0.15, 0.2) is 9.84 Å². The van der Waals surface area contributed by atoms with E-state index in [1.54, 1.807) is 0 Å². The lowest BCUT2D eigenvalue weighted by Gasteiger charge is -2.22. The molecule has 1 aliphatic carbocycles. The van der Waals surface area contributed by atoms with Gasteiger partial charge in [0.1, 0.15) is 4.90 Å². The molecular weight excluding hydrogens is 308 g/mol. The molecule has 0 heterocycles. The maximum atomic E-state index is 12.2. The van der Waals surface area contributed by atoms with Crippen LogP contribution in [0.4, 0.5) is 5.69 Å². The van der Waals surface area contributed by atoms with Crippen molar-refractivity contribution in [3.05, 3.63) is 33.9 Å². The Bertz CT molecular complexity index is 693. The molecule has 1 aromatic carbocycles. The van der Waals surface area contributed by atoms with Gasteiger partial charge in [0.25, 0.3) is 11.6 Å². The zero-order chi connectivity index (χ0) is 16.3. The number of nitro groups is 1. The molecule has 0 atom stereocenters. The fourth-order valence-corrected chi connectivity index (χ4v) is 3.46. The molecule has 22 heavy (non-hydrogen) atoms. The average Bonchev–Trinajstić information content (AvgIpc) is 2.46. The van der Waals surface area contributed by atoms with Crippen molar-refractivity contribution in [2.24, 2.45) is 0 Å². The van der Waals surface area contributed by atoms with E-state index in [2.05, 4.69) is 5.32 Å². The number of amides is 1. The summed E-state index contributed by atoms with van der Waals surface area (Å²) in [5.41, 5.74) is -0.469. The first-order chi connectivity index (χ1) is 10.3. The molecule has 1 aliphatic rings. The number of sulfone groups is 1. The van der Waals surface area contributed by atoms with E-state index in [0.29, 0.717) is 0 Å². The largest absolute Gasteiger partial charge is 0.349 e. The molecule has 2 rings (SSSR count). The average molecular weight is 326 g/mol. The lowest BCUT2D eigenvalue weighted by atomic mass is 9.95. The molecule has 8 heteroatoms. The number of nitrogens with zero attached hydrogens (tertiary/aromatic N) is 1. The molecule has 1 fully saturated rings. The molecule has 1 N–H and O–H groups in total. The molecule has 0 saturated heterocycles. The standard InChI is InChI=1S/C14H18N2O5S/c1-22(20,21)13-8-7-10(9-12(13)16(18)19)14(17)15-11-5-3-2-4-6-11/h7-9,11H,2-6H2,1H3,(H,15,17). The molecule has 0 bridgehead atoms. The second-order valence-corrected chi connectivity index (χ2v) is 7.50. The van der Waals surface area contributed by atoms with Crippen LogP contribution in [-0.2, 0) is 9.84 Å². The van der Waals surface area contributed by atoms with Crippen molar-refractivity contribution in [3.63, 3.8) is 0 Å². The number of hydrogen-bond acceptors (Lipinski definition) is 5. The number of benzene rings is 1. The van der Waals surface area contributed by atoms with Gasteiger partial charge in [-0.05, 0) is 25.0 Å². The Labute approximate surface area is 128 Å². The maximum Gasteiger partial charge on any atom is 0.288 e. The number of nitro benzene ring substituents is 1. The van der Waals surface area contributed by atoms with E-state index < -0.39 is 26.4 Å². The minimum atomic E-state index is -3.72. The normalized spacial score (nSPS) is 16.2. The van der Waals surface area contributed by atoms with Crippen LogP contribution in [0.1, 0.15) is 42.5 Å². The summed E-state index contributed by atoms with van der Waals surface area (Å²) in [6.07, 6.45) is 5.96. The quantitative estimate of drug-likeness (QED) is 0.673. The summed E-state index contributed by atoms with van der Waals surface area (Å²) in [5.74, 6) is -0.407. The fraction of sp³-hybridized carbons (Fsp3) is 0.500. The van der Waals surface area contributed by atoms with Gasteiger partial charge in [-0.1, -0.05) is 19.3 Å². The Hall–Kier alpha value is -1.96. The summed E-state index contributed by atoms with van der Waals surface area (Å²) < 4.78 is 23.1. The van der Waals surface area contributed by atoms with Crippen LogP contribution in [0.5, 0.6) is 0 Å². The monoisotopic (exact) mass is 326 g/mol. The number of nitrogens with one attached hydrogen (secondary N) is 1. The zero-order valence-corrected chi connectivity index (χ0v) is 13.1. The Balaban J connectivity index is 2.26. The van der Waals surface area contributed by atoms with E-state index in [0.717, 1.165) is 50.5 Å². The molecule has 120 valence electrons. The number of hydrogen-bond donors (Lipinski definition) is 1. The van der Waals surface area contributed by atoms with Crippen LogP contribution in [0.3, 0.4) is 0 Å². The third kappa shape index (κ3) is 3.82. The predicted octanol–water partition coefficient (Wildman–Crippen LogP) is 2.06. The van der Waals surface area contributed by atoms with Gasteiger partial charge >= 0.3 is 0 Å². The highest BCUT2D eigenvalue weighted by Gasteiger charge is 2.25. The van der Waals surface area contributed by atoms with Gasteiger partial charge < -0.3 is 5.32 Å².